The number of nitrogens with zero attached hydrogens (tertiary/aromatic N) is 1. The number of hydrogen-bond acceptors (Lipinski definition) is 2. The minimum Gasteiger partial charge on any atom is -0.371 e. The minimum atomic E-state index is -0.111. The molecule has 2 rings (SSSR count). The van der Waals surface area contributed by atoms with Crippen LogP contribution in [0.15, 0.2) is 18.2 Å². The maximum atomic E-state index is 14.1. The molecule has 2 nitrogen and oxygen atoms in total. The molecule has 1 fully saturated rings. The third-order valence-electron chi connectivity index (χ3n) is 4.08. The first kappa shape index (κ1) is 14.3. The van der Waals surface area contributed by atoms with Gasteiger partial charge in [-0.25, -0.2) is 4.39 Å². The summed E-state index contributed by atoms with van der Waals surface area (Å²) in [6.07, 6.45) is 2.61. The average molecular weight is 264 g/mol. The quantitative estimate of drug-likeness (QED) is 0.845. The van der Waals surface area contributed by atoms with Gasteiger partial charge in [0.15, 0.2) is 0 Å². The van der Waals surface area contributed by atoms with Crippen LogP contribution in [-0.4, -0.2) is 19.1 Å². The van der Waals surface area contributed by atoms with E-state index in [4.69, 9.17) is 0 Å². The molecule has 3 heteroatoms. The Labute approximate surface area is 116 Å². The normalized spacial score (nSPS) is 16.7. The summed E-state index contributed by atoms with van der Waals surface area (Å²) in [6.45, 7) is 6.98. The number of benzene rings is 1. The first-order valence-electron chi connectivity index (χ1n) is 7.24. The number of rotatable bonds is 6. The van der Waals surface area contributed by atoms with Crippen molar-refractivity contribution in [3.63, 3.8) is 0 Å². The van der Waals surface area contributed by atoms with E-state index in [-0.39, 0.29) is 5.82 Å². The van der Waals surface area contributed by atoms with Crippen LogP contribution in [0.3, 0.4) is 0 Å². The Bertz CT molecular complexity index is 427. The van der Waals surface area contributed by atoms with Gasteiger partial charge < -0.3 is 10.2 Å². The molecule has 1 saturated carbocycles. The highest BCUT2D eigenvalue weighted by Gasteiger charge is 2.31. The van der Waals surface area contributed by atoms with Crippen molar-refractivity contribution in [2.45, 2.75) is 52.2 Å². The van der Waals surface area contributed by atoms with Crippen LogP contribution >= 0.6 is 0 Å². The van der Waals surface area contributed by atoms with Crippen LogP contribution in [0.5, 0.6) is 0 Å². The van der Waals surface area contributed by atoms with Gasteiger partial charge in [0.05, 0.1) is 0 Å². The summed E-state index contributed by atoms with van der Waals surface area (Å²) >= 11 is 0. The van der Waals surface area contributed by atoms with Crippen molar-refractivity contribution < 1.29 is 4.39 Å². The number of hydrogen-bond donors (Lipinski definition) is 1. The van der Waals surface area contributed by atoms with E-state index in [0.717, 1.165) is 17.2 Å². The molecule has 0 spiro atoms. The molecule has 1 aliphatic rings. The van der Waals surface area contributed by atoms with Crippen molar-refractivity contribution in [2.75, 3.05) is 11.9 Å². The molecule has 1 atom stereocenters. The van der Waals surface area contributed by atoms with E-state index in [1.807, 2.05) is 6.07 Å². The molecular formula is C16H25FN2. The fourth-order valence-electron chi connectivity index (χ4n) is 2.47. The SMILES string of the molecule is CC(C)NCc1c(F)cccc1N(C)C(C)C1CC1. The first-order valence-corrected chi connectivity index (χ1v) is 7.24. The third kappa shape index (κ3) is 3.47. The van der Waals surface area contributed by atoms with Crippen LogP contribution in [0.2, 0.25) is 0 Å². The largest absolute Gasteiger partial charge is 0.371 e. The Morgan fingerprint density at radius 2 is 2.00 bits per heavy atom. The lowest BCUT2D eigenvalue weighted by Crippen LogP contribution is -2.32. The monoisotopic (exact) mass is 264 g/mol. The summed E-state index contributed by atoms with van der Waals surface area (Å²) in [7, 11) is 2.08. The summed E-state index contributed by atoms with van der Waals surface area (Å²) in [6, 6.07) is 6.23. The van der Waals surface area contributed by atoms with Gasteiger partial charge in [-0.05, 0) is 37.8 Å². The number of halogens is 1. The van der Waals surface area contributed by atoms with Gasteiger partial charge in [0.25, 0.3) is 0 Å². The molecule has 0 aliphatic heterocycles. The second kappa shape index (κ2) is 5.91. The summed E-state index contributed by atoms with van der Waals surface area (Å²) in [5.74, 6) is 0.666. The molecule has 1 unspecified atom stereocenters. The van der Waals surface area contributed by atoms with Gasteiger partial charge in [-0.2, -0.15) is 0 Å². The number of anilines is 1. The van der Waals surface area contributed by atoms with E-state index in [1.165, 1.54) is 12.8 Å². The van der Waals surface area contributed by atoms with E-state index in [0.29, 0.717) is 18.6 Å². The highest BCUT2D eigenvalue weighted by molar-refractivity contribution is 5.54. The fraction of sp³-hybridized carbons (Fsp3) is 0.625. The van der Waals surface area contributed by atoms with Crippen molar-refractivity contribution in [1.29, 1.82) is 0 Å². The summed E-state index contributed by atoms with van der Waals surface area (Å²) in [5.41, 5.74) is 1.80. The highest BCUT2D eigenvalue weighted by atomic mass is 19.1. The molecule has 0 radical (unpaired) electrons. The lowest BCUT2D eigenvalue weighted by Gasteiger charge is -2.29. The predicted octanol–water partition coefficient (Wildman–Crippen LogP) is 3.56. The summed E-state index contributed by atoms with van der Waals surface area (Å²) in [5, 5.41) is 3.31. The molecule has 0 saturated heterocycles. The standard InChI is InChI=1S/C16H25FN2/c1-11(2)18-10-14-15(17)6-5-7-16(14)19(4)12(3)13-8-9-13/h5-7,11-13,18H,8-10H2,1-4H3. The topological polar surface area (TPSA) is 15.3 Å². The zero-order valence-corrected chi connectivity index (χ0v) is 12.4. The molecular weight excluding hydrogens is 239 g/mol. The van der Waals surface area contributed by atoms with Crippen LogP contribution < -0.4 is 10.2 Å². The Morgan fingerprint density at radius 1 is 1.32 bits per heavy atom. The van der Waals surface area contributed by atoms with Crippen molar-refractivity contribution in [3.05, 3.63) is 29.6 Å². The third-order valence-corrected chi connectivity index (χ3v) is 4.08. The molecule has 0 heterocycles. The Kier molecular flexibility index (Phi) is 4.46. The minimum absolute atomic E-state index is 0.111. The zero-order valence-electron chi connectivity index (χ0n) is 12.4. The van der Waals surface area contributed by atoms with Gasteiger partial charge in [0.2, 0.25) is 0 Å². The molecule has 0 aromatic heterocycles. The van der Waals surface area contributed by atoms with Crippen molar-refractivity contribution in [2.24, 2.45) is 5.92 Å². The lowest BCUT2D eigenvalue weighted by molar-refractivity contribution is 0.546. The number of nitrogens with one attached hydrogen (secondary N) is 1. The van der Waals surface area contributed by atoms with Crippen LogP contribution in [0.25, 0.3) is 0 Å². The smallest absolute Gasteiger partial charge is 0.129 e. The Morgan fingerprint density at radius 3 is 2.58 bits per heavy atom. The molecule has 19 heavy (non-hydrogen) atoms. The molecule has 1 aliphatic carbocycles. The maximum Gasteiger partial charge on any atom is 0.129 e. The van der Waals surface area contributed by atoms with Gasteiger partial charge in [-0.3, -0.25) is 0 Å². The van der Waals surface area contributed by atoms with Gasteiger partial charge in [-0.1, -0.05) is 19.9 Å². The second-order valence-electron chi connectivity index (χ2n) is 5.96. The maximum absolute atomic E-state index is 14.1. The molecule has 1 N–H and O–H groups in total. The van der Waals surface area contributed by atoms with Gasteiger partial charge in [0.1, 0.15) is 5.82 Å². The fourth-order valence-corrected chi connectivity index (χ4v) is 2.47. The molecule has 0 amide bonds. The van der Waals surface area contributed by atoms with E-state index in [1.54, 1.807) is 12.1 Å². The predicted molar refractivity (Wildman–Crippen MR) is 79.0 cm³/mol. The average Bonchev–Trinajstić information content (AvgIpc) is 3.19. The highest BCUT2D eigenvalue weighted by Crippen LogP contribution is 2.37. The first-order chi connectivity index (χ1) is 9.00. The second-order valence-corrected chi connectivity index (χ2v) is 5.96. The van der Waals surface area contributed by atoms with Crippen LogP contribution in [0.4, 0.5) is 10.1 Å². The Hall–Kier alpha value is -1.09. The molecule has 106 valence electrons. The van der Waals surface area contributed by atoms with Gasteiger partial charge in [0, 0.05) is 36.9 Å². The van der Waals surface area contributed by atoms with Crippen LogP contribution in [-0.2, 0) is 6.54 Å². The van der Waals surface area contributed by atoms with E-state index in [2.05, 4.69) is 38.0 Å². The van der Waals surface area contributed by atoms with Crippen LogP contribution in [0, 0.1) is 11.7 Å². The summed E-state index contributed by atoms with van der Waals surface area (Å²) < 4.78 is 14.1. The summed E-state index contributed by atoms with van der Waals surface area (Å²) in [4.78, 5) is 2.23. The van der Waals surface area contributed by atoms with Crippen molar-refractivity contribution >= 4 is 5.69 Å². The van der Waals surface area contributed by atoms with E-state index < -0.39 is 0 Å². The van der Waals surface area contributed by atoms with E-state index in [9.17, 15) is 4.39 Å². The van der Waals surface area contributed by atoms with Gasteiger partial charge >= 0.3 is 0 Å². The zero-order chi connectivity index (χ0) is 14.0. The van der Waals surface area contributed by atoms with Crippen molar-refractivity contribution in [1.82, 2.24) is 5.32 Å². The van der Waals surface area contributed by atoms with Crippen molar-refractivity contribution in [3.8, 4) is 0 Å². The van der Waals surface area contributed by atoms with Crippen LogP contribution in [0.1, 0.15) is 39.2 Å². The van der Waals surface area contributed by atoms with Gasteiger partial charge in [-0.15, -0.1) is 0 Å². The molecule has 1 aromatic carbocycles. The van der Waals surface area contributed by atoms with E-state index >= 15 is 0 Å². The molecule has 0 bridgehead atoms. The lowest BCUT2D eigenvalue weighted by atomic mass is 10.1. The Balaban J connectivity index is 2.20. The molecule has 1 aromatic rings.